The first-order chi connectivity index (χ1) is 6.37. The van der Waals surface area contributed by atoms with E-state index in [2.05, 4.69) is 5.10 Å². The van der Waals surface area contributed by atoms with Crippen LogP contribution in [0.15, 0.2) is 12.3 Å². The second-order valence-electron chi connectivity index (χ2n) is 3.61. The second-order valence-corrected chi connectivity index (χ2v) is 4.97. The SMILES string of the molecule is CC(C)Cn1ccc(CS(=O)(=O)F)n1. The van der Waals surface area contributed by atoms with E-state index < -0.39 is 16.0 Å². The highest BCUT2D eigenvalue weighted by Gasteiger charge is 2.11. The third-order valence-corrected chi connectivity index (χ3v) is 2.21. The van der Waals surface area contributed by atoms with Crippen molar-refractivity contribution in [2.24, 2.45) is 5.92 Å². The second kappa shape index (κ2) is 4.08. The molecule has 6 heteroatoms. The van der Waals surface area contributed by atoms with Crippen molar-refractivity contribution >= 4 is 10.2 Å². The third-order valence-electron chi connectivity index (χ3n) is 1.57. The highest BCUT2D eigenvalue weighted by Crippen LogP contribution is 2.06. The quantitative estimate of drug-likeness (QED) is 0.719. The van der Waals surface area contributed by atoms with Gasteiger partial charge in [0, 0.05) is 12.7 Å². The van der Waals surface area contributed by atoms with E-state index in [0.717, 1.165) is 0 Å². The summed E-state index contributed by atoms with van der Waals surface area (Å²) in [6.07, 6.45) is 1.65. The molecule has 0 saturated heterocycles. The van der Waals surface area contributed by atoms with E-state index in [1.54, 1.807) is 10.9 Å². The minimum atomic E-state index is -4.47. The molecule has 0 amide bonds. The van der Waals surface area contributed by atoms with Crippen LogP contribution in [-0.2, 0) is 22.5 Å². The predicted octanol–water partition coefficient (Wildman–Crippen LogP) is 1.34. The molecule has 4 nitrogen and oxygen atoms in total. The summed E-state index contributed by atoms with van der Waals surface area (Å²) in [7, 11) is -4.47. The van der Waals surface area contributed by atoms with Crippen molar-refractivity contribution in [3.8, 4) is 0 Å². The lowest BCUT2D eigenvalue weighted by atomic mass is 10.2. The van der Waals surface area contributed by atoms with Gasteiger partial charge in [-0.05, 0) is 12.0 Å². The van der Waals surface area contributed by atoms with Gasteiger partial charge in [-0.3, -0.25) is 4.68 Å². The molecule has 0 aliphatic heterocycles. The van der Waals surface area contributed by atoms with Crippen LogP contribution < -0.4 is 0 Å². The van der Waals surface area contributed by atoms with Gasteiger partial charge in [0.15, 0.2) is 0 Å². The van der Waals surface area contributed by atoms with Crippen LogP contribution in [0, 0.1) is 5.92 Å². The van der Waals surface area contributed by atoms with Crippen molar-refractivity contribution in [1.29, 1.82) is 0 Å². The molecule has 0 fully saturated rings. The van der Waals surface area contributed by atoms with Gasteiger partial charge in [0.2, 0.25) is 0 Å². The number of nitrogens with zero attached hydrogens (tertiary/aromatic N) is 2. The fraction of sp³-hybridized carbons (Fsp3) is 0.625. The number of halogens is 1. The van der Waals surface area contributed by atoms with Gasteiger partial charge >= 0.3 is 10.2 Å². The average molecular weight is 220 g/mol. The number of hydrogen-bond acceptors (Lipinski definition) is 3. The van der Waals surface area contributed by atoms with Crippen molar-refractivity contribution in [2.75, 3.05) is 0 Å². The Morgan fingerprint density at radius 1 is 1.57 bits per heavy atom. The van der Waals surface area contributed by atoms with Crippen LogP contribution in [0.3, 0.4) is 0 Å². The number of hydrogen-bond donors (Lipinski definition) is 0. The van der Waals surface area contributed by atoms with Crippen LogP contribution in [0.25, 0.3) is 0 Å². The highest BCUT2D eigenvalue weighted by atomic mass is 32.3. The van der Waals surface area contributed by atoms with E-state index in [4.69, 9.17) is 0 Å². The first-order valence-corrected chi connectivity index (χ1v) is 5.87. The Kier molecular flexibility index (Phi) is 3.25. The molecular weight excluding hydrogens is 207 g/mol. The lowest BCUT2D eigenvalue weighted by Crippen LogP contribution is -2.06. The van der Waals surface area contributed by atoms with E-state index in [1.165, 1.54) is 6.07 Å². The van der Waals surface area contributed by atoms with Crippen molar-refractivity contribution in [1.82, 2.24) is 9.78 Å². The summed E-state index contributed by atoms with van der Waals surface area (Å²) < 4.78 is 34.5. The normalized spacial score (nSPS) is 12.3. The molecule has 0 aromatic carbocycles. The summed E-state index contributed by atoms with van der Waals surface area (Å²) in [6, 6.07) is 1.51. The van der Waals surface area contributed by atoms with Crippen LogP contribution in [-0.4, -0.2) is 18.2 Å². The molecule has 0 aliphatic rings. The molecule has 0 atom stereocenters. The van der Waals surface area contributed by atoms with Gasteiger partial charge in [-0.25, -0.2) is 0 Å². The maximum Gasteiger partial charge on any atom is 0.308 e. The molecule has 14 heavy (non-hydrogen) atoms. The Morgan fingerprint density at radius 3 is 2.71 bits per heavy atom. The smallest absolute Gasteiger partial charge is 0.272 e. The Hall–Kier alpha value is -0.910. The Balaban J connectivity index is 2.69. The van der Waals surface area contributed by atoms with Gasteiger partial charge in [-0.2, -0.15) is 13.5 Å². The summed E-state index contributed by atoms with van der Waals surface area (Å²) >= 11 is 0. The fourth-order valence-electron chi connectivity index (χ4n) is 1.13. The molecule has 0 aliphatic carbocycles. The van der Waals surface area contributed by atoms with Crippen molar-refractivity contribution in [2.45, 2.75) is 26.1 Å². The van der Waals surface area contributed by atoms with Gasteiger partial charge < -0.3 is 0 Å². The summed E-state index contributed by atoms with van der Waals surface area (Å²) in [5.41, 5.74) is 0.244. The summed E-state index contributed by atoms with van der Waals surface area (Å²) in [4.78, 5) is 0. The maximum atomic E-state index is 12.3. The summed E-state index contributed by atoms with van der Waals surface area (Å²) in [5, 5.41) is 3.93. The average Bonchev–Trinajstić information content (AvgIpc) is 2.30. The van der Waals surface area contributed by atoms with Crippen LogP contribution >= 0.6 is 0 Å². The first kappa shape index (κ1) is 11.2. The van der Waals surface area contributed by atoms with Crippen LogP contribution in [0.1, 0.15) is 19.5 Å². The van der Waals surface area contributed by atoms with Crippen molar-refractivity contribution in [3.05, 3.63) is 18.0 Å². The molecule has 1 rings (SSSR count). The lowest BCUT2D eigenvalue weighted by molar-refractivity contribution is 0.480. The van der Waals surface area contributed by atoms with Gasteiger partial charge in [0.25, 0.3) is 0 Å². The largest absolute Gasteiger partial charge is 0.308 e. The molecule has 0 N–H and O–H groups in total. The van der Waals surface area contributed by atoms with Crippen molar-refractivity contribution in [3.63, 3.8) is 0 Å². The van der Waals surface area contributed by atoms with Crippen LogP contribution in [0.4, 0.5) is 3.89 Å². The maximum absolute atomic E-state index is 12.3. The zero-order chi connectivity index (χ0) is 10.8. The van der Waals surface area contributed by atoms with E-state index in [9.17, 15) is 12.3 Å². The Labute approximate surface area is 82.9 Å². The topological polar surface area (TPSA) is 52.0 Å². The molecule has 0 spiro atoms. The lowest BCUT2D eigenvalue weighted by Gasteiger charge is -2.03. The minimum Gasteiger partial charge on any atom is -0.272 e. The fourth-order valence-corrected chi connectivity index (χ4v) is 1.64. The molecule has 1 aromatic heterocycles. The van der Waals surface area contributed by atoms with E-state index in [1.807, 2.05) is 13.8 Å². The molecule has 0 bridgehead atoms. The van der Waals surface area contributed by atoms with E-state index in [0.29, 0.717) is 12.5 Å². The zero-order valence-corrected chi connectivity index (χ0v) is 8.96. The van der Waals surface area contributed by atoms with Gasteiger partial charge in [0.05, 0.1) is 5.69 Å². The number of rotatable bonds is 4. The van der Waals surface area contributed by atoms with Crippen LogP contribution in [0.2, 0.25) is 0 Å². The summed E-state index contributed by atoms with van der Waals surface area (Å²) in [5.74, 6) is -0.220. The molecule has 1 heterocycles. The monoisotopic (exact) mass is 220 g/mol. The van der Waals surface area contributed by atoms with Gasteiger partial charge in [-0.15, -0.1) is 3.89 Å². The minimum absolute atomic E-state index is 0.244. The molecule has 80 valence electrons. The third kappa shape index (κ3) is 3.87. The van der Waals surface area contributed by atoms with E-state index in [-0.39, 0.29) is 5.69 Å². The predicted molar refractivity (Wildman–Crippen MR) is 50.8 cm³/mol. The number of aromatic nitrogens is 2. The van der Waals surface area contributed by atoms with Gasteiger partial charge in [-0.1, -0.05) is 13.8 Å². The standard InChI is InChI=1S/C8H13FN2O2S/c1-7(2)5-11-4-3-8(10-11)6-14(9,12)13/h3-4,7H,5-6H2,1-2H3. The Morgan fingerprint density at radius 2 is 2.21 bits per heavy atom. The van der Waals surface area contributed by atoms with Crippen molar-refractivity contribution < 1.29 is 12.3 Å². The molecule has 0 saturated carbocycles. The first-order valence-electron chi connectivity index (χ1n) is 4.31. The molecular formula is C8H13FN2O2S. The highest BCUT2D eigenvalue weighted by molar-refractivity contribution is 7.85. The molecule has 0 radical (unpaired) electrons. The Bertz CT molecular complexity index is 397. The zero-order valence-electron chi connectivity index (χ0n) is 8.14. The van der Waals surface area contributed by atoms with E-state index >= 15 is 0 Å². The summed E-state index contributed by atoms with van der Waals surface area (Å²) in [6.45, 7) is 4.74. The molecule has 1 aromatic rings. The van der Waals surface area contributed by atoms with Gasteiger partial charge in [0.1, 0.15) is 5.75 Å². The van der Waals surface area contributed by atoms with Crippen LogP contribution in [0.5, 0.6) is 0 Å². The molecule has 0 unspecified atom stereocenters.